The van der Waals surface area contributed by atoms with E-state index in [2.05, 4.69) is 15.5 Å². The molecule has 1 aromatic carbocycles. The minimum atomic E-state index is -0.236. The standard InChI is InChI=1S/C15H17N3O2S/c1-3-14-17-18-15(21-14)16-13(19)10-9-11-7-5-6-8-12(11)20-4-2/h5-10H,3-4H2,1-2H3,(H,16,18,19). The van der Waals surface area contributed by atoms with Crippen molar-refractivity contribution >= 4 is 28.5 Å². The second-order valence-electron chi connectivity index (χ2n) is 4.15. The Kier molecular flexibility index (Phi) is 5.45. The van der Waals surface area contributed by atoms with Crippen molar-refractivity contribution in [3.63, 3.8) is 0 Å². The number of ether oxygens (including phenoxy) is 1. The van der Waals surface area contributed by atoms with E-state index in [1.165, 1.54) is 17.4 Å². The average molecular weight is 303 g/mol. The Labute approximate surface area is 127 Å². The van der Waals surface area contributed by atoms with Crippen molar-refractivity contribution in [2.45, 2.75) is 20.3 Å². The Balaban J connectivity index is 2.01. The molecule has 1 heterocycles. The Morgan fingerprint density at radius 1 is 1.33 bits per heavy atom. The number of hydrogen-bond acceptors (Lipinski definition) is 5. The second kappa shape index (κ2) is 7.54. The summed E-state index contributed by atoms with van der Waals surface area (Å²) in [5.41, 5.74) is 0.862. The topological polar surface area (TPSA) is 64.1 Å². The number of nitrogens with one attached hydrogen (secondary N) is 1. The molecule has 0 aliphatic heterocycles. The van der Waals surface area contributed by atoms with Crippen LogP contribution in [0.2, 0.25) is 0 Å². The molecule has 0 fully saturated rings. The van der Waals surface area contributed by atoms with Gasteiger partial charge in [-0.15, -0.1) is 10.2 Å². The van der Waals surface area contributed by atoms with Gasteiger partial charge in [-0.05, 0) is 25.5 Å². The summed E-state index contributed by atoms with van der Waals surface area (Å²) in [7, 11) is 0. The smallest absolute Gasteiger partial charge is 0.250 e. The number of aryl methyl sites for hydroxylation is 1. The van der Waals surface area contributed by atoms with Crippen LogP contribution in [-0.4, -0.2) is 22.7 Å². The Morgan fingerprint density at radius 3 is 2.86 bits per heavy atom. The first kappa shape index (κ1) is 15.2. The highest BCUT2D eigenvalue weighted by Crippen LogP contribution is 2.20. The normalized spacial score (nSPS) is 10.8. The highest BCUT2D eigenvalue weighted by atomic mass is 32.1. The number of aromatic nitrogens is 2. The molecule has 6 heteroatoms. The van der Waals surface area contributed by atoms with E-state index in [-0.39, 0.29) is 5.91 Å². The minimum Gasteiger partial charge on any atom is -0.493 e. The number of nitrogens with zero attached hydrogens (tertiary/aromatic N) is 2. The average Bonchev–Trinajstić information content (AvgIpc) is 2.94. The predicted octanol–water partition coefficient (Wildman–Crippen LogP) is 3.15. The van der Waals surface area contributed by atoms with Crippen LogP contribution >= 0.6 is 11.3 Å². The Hall–Kier alpha value is -2.21. The van der Waals surface area contributed by atoms with Gasteiger partial charge in [-0.3, -0.25) is 10.1 Å². The van der Waals surface area contributed by atoms with Gasteiger partial charge in [0.25, 0.3) is 0 Å². The zero-order chi connectivity index (χ0) is 15.1. The lowest BCUT2D eigenvalue weighted by Gasteiger charge is -2.05. The molecule has 0 saturated heterocycles. The third kappa shape index (κ3) is 4.39. The number of hydrogen-bond donors (Lipinski definition) is 1. The molecule has 2 aromatic rings. The highest BCUT2D eigenvalue weighted by molar-refractivity contribution is 7.15. The van der Waals surface area contributed by atoms with E-state index in [1.54, 1.807) is 6.08 Å². The van der Waals surface area contributed by atoms with Gasteiger partial charge in [-0.2, -0.15) is 0 Å². The number of benzene rings is 1. The van der Waals surface area contributed by atoms with Crippen molar-refractivity contribution in [2.24, 2.45) is 0 Å². The number of anilines is 1. The van der Waals surface area contributed by atoms with E-state index in [9.17, 15) is 4.79 Å². The number of para-hydroxylation sites is 1. The fourth-order valence-electron chi connectivity index (χ4n) is 1.66. The molecule has 5 nitrogen and oxygen atoms in total. The molecule has 0 bridgehead atoms. The Bertz CT molecular complexity index is 637. The molecule has 0 aliphatic carbocycles. The lowest BCUT2D eigenvalue weighted by molar-refractivity contribution is -0.111. The van der Waals surface area contributed by atoms with Crippen molar-refractivity contribution in [3.05, 3.63) is 40.9 Å². The molecule has 1 aromatic heterocycles. The summed E-state index contributed by atoms with van der Waals surface area (Å²) in [5, 5.41) is 12.0. The maximum absolute atomic E-state index is 11.9. The summed E-state index contributed by atoms with van der Waals surface area (Å²) in [4.78, 5) is 11.9. The third-order valence-electron chi connectivity index (χ3n) is 2.63. The summed E-state index contributed by atoms with van der Waals surface area (Å²) in [6.07, 6.45) is 4.00. The van der Waals surface area contributed by atoms with E-state index in [1.807, 2.05) is 38.1 Å². The van der Waals surface area contributed by atoms with E-state index in [0.717, 1.165) is 22.7 Å². The molecule has 110 valence electrons. The fraction of sp³-hybridized carbons (Fsp3) is 0.267. The first-order valence-electron chi connectivity index (χ1n) is 6.76. The number of carbonyl (C=O) groups is 1. The molecule has 0 aliphatic rings. The van der Waals surface area contributed by atoms with Crippen LogP contribution in [0, 0.1) is 0 Å². The highest BCUT2D eigenvalue weighted by Gasteiger charge is 2.05. The van der Waals surface area contributed by atoms with E-state index in [0.29, 0.717) is 11.7 Å². The maximum atomic E-state index is 11.9. The quantitative estimate of drug-likeness (QED) is 0.833. The van der Waals surface area contributed by atoms with Gasteiger partial charge in [-0.1, -0.05) is 36.5 Å². The molecule has 0 saturated carbocycles. The van der Waals surface area contributed by atoms with Crippen LogP contribution in [0.4, 0.5) is 5.13 Å². The van der Waals surface area contributed by atoms with Crippen molar-refractivity contribution in [1.29, 1.82) is 0 Å². The zero-order valence-corrected chi connectivity index (χ0v) is 12.8. The zero-order valence-electron chi connectivity index (χ0n) is 12.0. The predicted molar refractivity (Wildman–Crippen MR) is 84.6 cm³/mol. The summed E-state index contributed by atoms with van der Waals surface area (Å²) >= 11 is 1.38. The van der Waals surface area contributed by atoms with Crippen molar-refractivity contribution in [2.75, 3.05) is 11.9 Å². The SMILES string of the molecule is CCOc1ccccc1C=CC(=O)Nc1nnc(CC)s1. The van der Waals surface area contributed by atoms with Crippen molar-refractivity contribution in [1.82, 2.24) is 10.2 Å². The van der Waals surface area contributed by atoms with Gasteiger partial charge in [0.2, 0.25) is 11.0 Å². The molecule has 21 heavy (non-hydrogen) atoms. The molecular formula is C15H17N3O2S. The Morgan fingerprint density at radius 2 is 2.14 bits per heavy atom. The van der Waals surface area contributed by atoms with Crippen LogP contribution in [0.15, 0.2) is 30.3 Å². The maximum Gasteiger partial charge on any atom is 0.250 e. The summed E-state index contributed by atoms with van der Waals surface area (Å²) in [6.45, 7) is 4.51. The fourth-order valence-corrected chi connectivity index (χ4v) is 2.35. The largest absolute Gasteiger partial charge is 0.493 e. The van der Waals surface area contributed by atoms with E-state index in [4.69, 9.17) is 4.74 Å². The van der Waals surface area contributed by atoms with Gasteiger partial charge < -0.3 is 4.74 Å². The first-order chi connectivity index (χ1) is 10.2. The van der Waals surface area contributed by atoms with E-state index >= 15 is 0 Å². The molecule has 0 spiro atoms. The lowest BCUT2D eigenvalue weighted by atomic mass is 10.2. The van der Waals surface area contributed by atoms with E-state index < -0.39 is 0 Å². The monoisotopic (exact) mass is 303 g/mol. The van der Waals surface area contributed by atoms with Gasteiger partial charge in [0.15, 0.2) is 0 Å². The second-order valence-corrected chi connectivity index (χ2v) is 5.21. The van der Waals surface area contributed by atoms with Crippen LogP contribution in [0.25, 0.3) is 6.08 Å². The third-order valence-corrected chi connectivity index (χ3v) is 3.62. The van der Waals surface area contributed by atoms with Crippen LogP contribution in [0.3, 0.4) is 0 Å². The van der Waals surface area contributed by atoms with Crippen molar-refractivity contribution in [3.8, 4) is 5.75 Å². The molecule has 0 atom stereocenters. The molecule has 1 N–H and O–H groups in total. The number of amides is 1. The molecule has 0 unspecified atom stereocenters. The van der Waals surface area contributed by atoms with Crippen molar-refractivity contribution < 1.29 is 9.53 Å². The van der Waals surface area contributed by atoms with Gasteiger partial charge in [-0.25, -0.2) is 0 Å². The molecule has 0 radical (unpaired) electrons. The van der Waals surface area contributed by atoms with Gasteiger partial charge in [0.05, 0.1) is 6.61 Å². The molecule has 2 rings (SSSR count). The van der Waals surface area contributed by atoms with Crippen LogP contribution in [-0.2, 0) is 11.2 Å². The lowest BCUT2D eigenvalue weighted by Crippen LogP contribution is -2.07. The van der Waals surface area contributed by atoms with Crippen LogP contribution in [0.5, 0.6) is 5.75 Å². The summed E-state index contributed by atoms with van der Waals surface area (Å²) in [5.74, 6) is 0.522. The number of carbonyl (C=O) groups excluding carboxylic acids is 1. The minimum absolute atomic E-state index is 0.236. The summed E-state index contributed by atoms with van der Waals surface area (Å²) in [6, 6.07) is 7.57. The molecule has 1 amide bonds. The van der Waals surface area contributed by atoms with Gasteiger partial charge >= 0.3 is 0 Å². The number of rotatable bonds is 6. The summed E-state index contributed by atoms with van der Waals surface area (Å²) < 4.78 is 5.50. The van der Waals surface area contributed by atoms with Crippen LogP contribution in [0.1, 0.15) is 24.4 Å². The first-order valence-corrected chi connectivity index (χ1v) is 7.57. The molecular weight excluding hydrogens is 286 g/mol. The van der Waals surface area contributed by atoms with Crippen LogP contribution < -0.4 is 10.1 Å². The van der Waals surface area contributed by atoms with Gasteiger partial charge in [0, 0.05) is 11.6 Å². The van der Waals surface area contributed by atoms with Gasteiger partial charge in [0.1, 0.15) is 10.8 Å².